The molecular weight excluding hydrogens is 228 g/mol. The molecule has 0 amide bonds. The minimum atomic E-state index is -0.835. The summed E-state index contributed by atoms with van der Waals surface area (Å²) < 4.78 is 0. The molecule has 0 aliphatic rings. The Morgan fingerprint density at radius 2 is 2.28 bits per heavy atom. The zero-order valence-corrected chi connectivity index (χ0v) is 10.4. The number of carboxylic acids is 1. The standard InChI is InChI=1S/C14H16N2O2/c1-11(2)10-16(7-6-14(17)18)13-5-3-4-12(8-13)9-15/h3-5,8H,1,6-7,10H2,2H3,(H,17,18). The lowest BCUT2D eigenvalue weighted by Gasteiger charge is -2.24. The number of anilines is 1. The summed E-state index contributed by atoms with van der Waals surface area (Å²) in [5, 5.41) is 17.6. The molecule has 94 valence electrons. The normalized spacial score (nSPS) is 9.56. The van der Waals surface area contributed by atoms with Crippen LogP contribution >= 0.6 is 0 Å². The van der Waals surface area contributed by atoms with Crippen LogP contribution in [-0.4, -0.2) is 24.2 Å². The molecule has 0 heterocycles. The highest BCUT2D eigenvalue weighted by Gasteiger charge is 2.09. The van der Waals surface area contributed by atoms with Crippen molar-refractivity contribution in [1.29, 1.82) is 5.26 Å². The highest BCUT2D eigenvalue weighted by atomic mass is 16.4. The molecule has 0 aliphatic heterocycles. The molecule has 18 heavy (non-hydrogen) atoms. The van der Waals surface area contributed by atoms with Crippen molar-refractivity contribution in [3.05, 3.63) is 42.0 Å². The lowest BCUT2D eigenvalue weighted by atomic mass is 10.2. The summed E-state index contributed by atoms with van der Waals surface area (Å²) in [6.45, 7) is 6.71. The molecule has 0 atom stereocenters. The van der Waals surface area contributed by atoms with Crippen LogP contribution in [0.3, 0.4) is 0 Å². The van der Waals surface area contributed by atoms with E-state index in [1.165, 1.54) is 0 Å². The van der Waals surface area contributed by atoms with E-state index in [1.807, 2.05) is 17.9 Å². The predicted molar refractivity (Wildman–Crippen MR) is 70.4 cm³/mol. The van der Waals surface area contributed by atoms with Crippen LogP contribution in [0.4, 0.5) is 5.69 Å². The molecule has 4 nitrogen and oxygen atoms in total. The van der Waals surface area contributed by atoms with E-state index >= 15 is 0 Å². The molecule has 0 aliphatic carbocycles. The number of aliphatic carboxylic acids is 1. The first-order chi connectivity index (χ1) is 8.52. The first-order valence-corrected chi connectivity index (χ1v) is 5.64. The third kappa shape index (κ3) is 4.30. The summed E-state index contributed by atoms with van der Waals surface area (Å²) in [5.41, 5.74) is 2.36. The highest BCUT2D eigenvalue weighted by molar-refractivity contribution is 5.68. The minimum absolute atomic E-state index is 0.0596. The Balaban J connectivity index is 2.89. The summed E-state index contributed by atoms with van der Waals surface area (Å²) in [5.74, 6) is -0.835. The van der Waals surface area contributed by atoms with Crippen molar-refractivity contribution in [2.75, 3.05) is 18.0 Å². The number of hydrogen-bond donors (Lipinski definition) is 1. The number of carbonyl (C=O) groups is 1. The molecule has 0 saturated carbocycles. The topological polar surface area (TPSA) is 64.3 Å². The molecule has 0 bridgehead atoms. The maximum absolute atomic E-state index is 10.6. The van der Waals surface area contributed by atoms with Gasteiger partial charge in [-0.1, -0.05) is 18.2 Å². The lowest BCUT2D eigenvalue weighted by Crippen LogP contribution is -2.27. The molecule has 0 spiro atoms. The second kappa shape index (κ2) is 6.45. The number of hydrogen-bond acceptors (Lipinski definition) is 3. The fourth-order valence-electron chi connectivity index (χ4n) is 1.63. The van der Waals surface area contributed by atoms with Crippen molar-refractivity contribution in [1.82, 2.24) is 0 Å². The van der Waals surface area contributed by atoms with Gasteiger partial charge >= 0.3 is 5.97 Å². The van der Waals surface area contributed by atoms with E-state index < -0.39 is 5.97 Å². The van der Waals surface area contributed by atoms with Gasteiger partial charge in [0.2, 0.25) is 0 Å². The van der Waals surface area contributed by atoms with E-state index in [0.717, 1.165) is 11.3 Å². The van der Waals surface area contributed by atoms with Crippen molar-refractivity contribution in [3.63, 3.8) is 0 Å². The molecular formula is C14H16N2O2. The zero-order valence-electron chi connectivity index (χ0n) is 10.4. The van der Waals surface area contributed by atoms with Crippen LogP contribution in [0.2, 0.25) is 0 Å². The Bertz CT molecular complexity index is 489. The molecule has 0 aromatic heterocycles. The minimum Gasteiger partial charge on any atom is -0.481 e. The third-order valence-corrected chi connectivity index (χ3v) is 2.40. The van der Waals surface area contributed by atoms with Gasteiger partial charge in [0.15, 0.2) is 0 Å². The SMILES string of the molecule is C=C(C)CN(CCC(=O)O)c1cccc(C#N)c1. The maximum Gasteiger partial charge on any atom is 0.305 e. The maximum atomic E-state index is 10.6. The van der Waals surface area contributed by atoms with E-state index in [0.29, 0.717) is 18.7 Å². The molecule has 0 radical (unpaired) electrons. The van der Waals surface area contributed by atoms with Gasteiger partial charge in [-0.05, 0) is 25.1 Å². The van der Waals surface area contributed by atoms with Gasteiger partial charge in [-0.25, -0.2) is 0 Å². The zero-order chi connectivity index (χ0) is 13.5. The third-order valence-electron chi connectivity index (χ3n) is 2.40. The van der Waals surface area contributed by atoms with Gasteiger partial charge in [0.05, 0.1) is 18.1 Å². The number of benzene rings is 1. The van der Waals surface area contributed by atoms with E-state index in [1.54, 1.807) is 18.2 Å². The van der Waals surface area contributed by atoms with Gasteiger partial charge in [-0.2, -0.15) is 5.26 Å². The predicted octanol–water partition coefficient (Wildman–Crippen LogP) is 2.42. The summed E-state index contributed by atoms with van der Waals surface area (Å²) in [4.78, 5) is 12.6. The Labute approximate surface area is 107 Å². The van der Waals surface area contributed by atoms with E-state index in [9.17, 15) is 4.79 Å². The van der Waals surface area contributed by atoms with Gasteiger partial charge in [0.25, 0.3) is 0 Å². The van der Waals surface area contributed by atoms with Crippen molar-refractivity contribution in [2.45, 2.75) is 13.3 Å². The number of nitriles is 1. The Morgan fingerprint density at radius 1 is 1.56 bits per heavy atom. The highest BCUT2D eigenvalue weighted by Crippen LogP contribution is 2.17. The fourth-order valence-corrected chi connectivity index (χ4v) is 1.63. The molecule has 4 heteroatoms. The summed E-state index contributed by atoms with van der Waals surface area (Å²) in [6.07, 6.45) is 0.0596. The van der Waals surface area contributed by atoms with Crippen LogP contribution in [0.15, 0.2) is 36.4 Å². The van der Waals surface area contributed by atoms with Gasteiger partial charge in [-0.15, -0.1) is 0 Å². The van der Waals surface area contributed by atoms with Crippen LogP contribution in [0, 0.1) is 11.3 Å². The van der Waals surface area contributed by atoms with E-state index in [4.69, 9.17) is 10.4 Å². The van der Waals surface area contributed by atoms with Gasteiger partial charge in [0, 0.05) is 18.8 Å². The summed E-state index contributed by atoms with van der Waals surface area (Å²) >= 11 is 0. The smallest absolute Gasteiger partial charge is 0.305 e. The van der Waals surface area contributed by atoms with Crippen molar-refractivity contribution < 1.29 is 9.90 Å². The Hall–Kier alpha value is -2.28. The van der Waals surface area contributed by atoms with Crippen LogP contribution in [-0.2, 0) is 4.79 Å². The number of rotatable bonds is 6. The summed E-state index contributed by atoms with van der Waals surface area (Å²) in [7, 11) is 0. The summed E-state index contributed by atoms with van der Waals surface area (Å²) in [6, 6.07) is 9.21. The van der Waals surface area contributed by atoms with E-state index in [-0.39, 0.29) is 6.42 Å². The molecule has 1 aromatic rings. The quantitative estimate of drug-likeness (QED) is 0.780. The second-order valence-electron chi connectivity index (χ2n) is 4.18. The van der Waals surface area contributed by atoms with Crippen LogP contribution in [0.5, 0.6) is 0 Å². The van der Waals surface area contributed by atoms with Gasteiger partial charge in [0.1, 0.15) is 0 Å². The van der Waals surface area contributed by atoms with Gasteiger partial charge < -0.3 is 10.0 Å². The van der Waals surface area contributed by atoms with Crippen molar-refractivity contribution in [2.24, 2.45) is 0 Å². The molecule has 0 unspecified atom stereocenters. The van der Waals surface area contributed by atoms with Crippen LogP contribution in [0.25, 0.3) is 0 Å². The first-order valence-electron chi connectivity index (χ1n) is 5.64. The average molecular weight is 244 g/mol. The Morgan fingerprint density at radius 3 is 2.83 bits per heavy atom. The fraction of sp³-hybridized carbons (Fsp3) is 0.286. The van der Waals surface area contributed by atoms with Crippen molar-refractivity contribution in [3.8, 4) is 6.07 Å². The monoisotopic (exact) mass is 244 g/mol. The van der Waals surface area contributed by atoms with E-state index in [2.05, 4.69) is 12.6 Å². The largest absolute Gasteiger partial charge is 0.481 e. The first kappa shape index (κ1) is 13.8. The lowest BCUT2D eigenvalue weighted by molar-refractivity contribution is -0.136. The molecule has 0 saturated heterocycles. The molecule has 0 fully saturated rings. The molecule has 1 rings (SSSR count). The number of carboxylic acid groups (broad SMARTS) is 1. The molecule has 1 N–H and O–H groups in total. The van der Waals surface area contributed by atoms with Gasteiger partial charge in [-0.3, -0.25) is 4.79 Å². The van der Waals surface area contributed by atoms with Crippen molar-refractivity contribution >= 4 is 11.7 Å². The average Bonchev–Trinajstić information content (AvgIpc) is 2.34. The Kier molecular flexibility index (Phi) is 4.94. The second-order valence-corrected chi connectivity index (χ2v) is 4.18. The van der Waals surface area contributed by atoms with Crippen LogP contribution < -0.4 is 4.90 Å². The molecule has 1 aromatic carbocycles. The van der Waals surface area contributed by atoms with Crippen LogP contribution in [0.1, 0.15) is 18.9 Å². The number of nitrogens with zero attached hydrogens (tertiary/aromatic N) is 2.